The molecule has 1 heterocycles. The van der Waals surface area contributed by atoms with Crippen molar-refractivity contribution in [3.63, 3.8) is 0 Å². The SMILES string of the molecule is Fc1ccc(SC(c2ccc(F)cc2)c2cccnc2)cc1. The first-order valence-electron chi connectivity index (χ1n) is 6.80. The minimum Gasteiger partial charge on any atom is -0.264 e. The summed E-state index contributed by atoms with van der Waals surface area (Å²) in [5.41, 5.74) is 1.99. The molecule has 0 aliphatic carbocycles. The molecule has 22 heavy (non-hydrogen) atoms. The van der Waals surface area contributed by atoms with Crippen molar-refractivity contribution in [3.05, 3.63) is 95.8 Å². The van der Waals surface area contributed by atoms with Crippen LogP contribution in [0.15, 0.2) is 78.0 Å². The number of pyridine rings is 1. The lowest BCUT2D eigenvalue weighted by molar-refractivity contribution is 0.626. The van der Waals surface area contributed by atoms with E-state index in [1.165, 1.54) is 24.3 Å². The third-order valence-electron chi connectivity index (χ3n) is 3.23. The first-order chi connectivity index (χ1) is 10.7. The van der Waals surface area contributed by atoms with Crippen LogP contribution >= 0.6 is 11.8 Å². The van der Waals surface area contributed by atoms with Crippen LogP contribution in [0.4, 0.5) is 8.78 Å². The molecule has 0 radical (unpaired) electrons. The number of halogens is 2. The molecule has 0 N–H and O–H groups in total. The Morgan fingerprint density at radius 2 is 1.41 bits per heavy atom. The van der Waals surface area contributed by atoms with Gasteiger partial charge in [0.15, 0.2) is 0 Å². The first-order valence-corrected chi connectivity index (χ1v) is 7.68. The van der Waals surface area contributed by atoms with E-state index in [2.05, 4.69) is 4.98 Å². The summed E-state index contributed by atoms with van der Waals surface area (Å²) in [5, 5.41) is -0.0280. The van der Waals surface area contributed by atoms with E-state index in [0.29, 0.717) is 0 Å². The van der Waals surface area contributed by atoms with Crippen molar-refractivity contribution in [1.82, 2.24) is 4.98 Å². The fourth-order valence-corrected chi connectivity index (χ4v) is 3.28. The summed E-state index contributed by atoms with van der Waals surface area (Å²) in [7, 11) is 0. The number of benzene rings is 2. The third kappa shape index (κ3) is 3.52. The zero-order valence-electron chi connectivity index (χ0n) is 11.6. The van der Waals surface area contributed by atoms with Crippen LogP contribution in [0.3, 0.4) is 0 Å². The summed E-state index contributed by atoms with van der Waals surface area (Å²) in [6.45, 7) is 0. The van der Waals surface area contributed by atoms with Crippen molar-refractivity contribution in [2.75, 3.05) is 0 Å². The summed E-state index contributed by atoms with van der Waals surface area (Å²) < 4.78 is 26.2. The predicted molar refractivity (Wildman–Crippen MR) is 84.7 cm³/mol. The minimum atomic E-state index is -0.263. The van der Waals surface area contributed by atoms with Crippen LogP contribution in [-0.4, -0.2) is 4.98 Å². The molecule has 110 valence electrons. The Balaban J connectivity index is 1.96. The second kappa shape index (κ2) is 6.71. The van der Waals surface area contributed by atoms with E-state index in [1.54, 1.807) is 48.4 Å². The molecule has 0 fully saturated rings. The summed E-state index contributed by atoms with van der Waals surface area (Å²) in [4.78, 5) is 5.10. The van der Waals surface area contributed by atoms with Crippen molar-refractivity contribution in [2.24, 2.45) is 0 Å². The average molecular weight is 313 g/mol. The monoisotopic (exact) mass is 313 g/mol. The van der Waals surface area contributed by atoms with Gasteiger partial charge in [-0.2, -0.15) is 0 Å². The van der Waals surface area contributed by atoms with Crippen LogP contribution in [0.5, 0.6) is 0 Å². The van der Waals surface area contributed by atoms with Crippen LogP contribution < -0.4 is 0 Å². The lowest BCUT2D eigenvalue weighted by atomic mass is 10.1. The van der Waals surface area contributed by atoms with E-state index in [-0.39, 0.29) is 16.9 Å². The standard InChI is InChI=1S/C18H13F2NS/c19-15-5-3-13(4-6-15)18(14-2-1-11-21-12-14)22-17-9-7-16(20)8-10-17/h1-12,18H. The summed E-state index contributed by atoms with van der Waals surface area (Å²) >= 11 is 1.58. The maximum atomic E-state index is 13.2. The molecule has 1 nitrogen and oxygen atoms in total. The largest absolute Gasteiger partial charge is 0.264 e. The normalized spacial score (nSPS) is 12.1. The van der Waals surface area contributed by atoms with Gasteiger partial charge in [-0.3, -0.25) is 4.98 Å². The lowest BCUT2D eigenvalue weighted by Gasteiger charge is -2.17. The van der Waals surface area contributed by atoms with Crippen molar-refractivity contribution >= 4 is 11.8 Å². The van der Waals surface area contributed by atoms with Crippen molar-refractivity contribution < 1.29 is 8.78 Å². The Labute approximate surface area is 132 Å². The molecular weight excluding hydrogens is 300 g/mol. The van der Waals surface area contributed by atoms with Crippen LogP contribution in [0.1, 0.15) is 16.4 Å². The number of hydrogen-bond donors (Lipinski definition) is 0. The summed E-state index contributed by atoms with van der Waals surface area (Å²) in [6.07, 6.45) is 3.51. The smallest absolute Gasteiger partial charge is 0.123 e. The number of thioether (sulfide) groups is 1. The summed E-state index contributed by atoms with van der Waals surface area (Å²) in [6, 6.07) is 16.6. The number of aromatic nitrogens is 1. The molecule has 3 rings (SSSR count). The quantitative estimate of drug-likeness (QED) is 0.611. The highest BCUT2D eigenvalue weighted by Gasteiger charge is 2.16. The van der Waals surface area contributed by atoms with Gasteiger partial charge < -0.3 is 0 Å². The lowest BCUT2D eigenvalue weighted by Crippen LogP contribution is -1.97. The van der Waals surface area contributed by atoms with E-state index in [1.807, 2.05) is 12.1 Å². The second-order valence-corrected chi connectivity index (χ2v) is 5.97. The topological polar surface area (TPSA) is 12.9 Å². The van der Waals surface area contributed by atoms with E-state index in [0.717, 1.165) is 16.0 Å². The maximum Gasteiger partial charge on any atom is 0.123 e. The molecule has 0 saturated heterocycles. The van der Waals surface area contributed by atoms with E-state index in [4.69, 9.17) is 0 Å². The van der Waals surface area contributed by atoms with Crippen LogP contribution in [0.25, 0.3) is 0 Å². The third-order valence-corrected chi connectivity index (χ3v) is 4.55. The Kier molecular flexibility index (Phi) is 4.49. The van der Waals surface area contributed by atoms with Crippen molar-refractivity contribution in [2.45, 2.75) is 10.1 Å². The van der Waals surface area contributed by atoms with Crippen LogP contribution in [0, 0.1) is 11.6 Å². The van der Waals surface area contributed by atoms with E-state index in [9.17, 15) is 8.78 Å². The number of hydrogen-bond acceptors (Lipinski definition) is 2. The highest BCUT2D eigenvalue weighted by atomic mass is 32.2. The van der Waals surface area contributed by atoms with Gasteiger partial charge in [0.25, 0.3) is 0 Å². The van der Waals surface area contributed by atoms with E-state index >= 15 is 0 Å². The first kappa shape index (κ1) is 14.7. The predicted octanol–water partition coefficient (Wildman–Crippen LogP) is 5.24. The molecule has 1 unspecified atom stereocenters. The van der Waals surface area contributed by atoms with Gasteiger partial charge in [-0.05, 0) is 53.6 Å². The molecule has 4 heteroatoms. The van der Waals surface area contributed by atoms with Gasteiger partial charge in [0.05, 0.1) is 5.25 Å². The Morgan fingerprint density at radius 1 is 0.773 bits per heavy atom. The fraction of sp³-hybridized carbons (Fsp3) is 0.0556. The van der Waals surface area contributed by atoms with Gasteiger partial charge in [0.1, 0.15) is 11.6 Å². The molecular formula is C18H13F2NS. The van der Waals surface area contributed by atoms with Crippen LogP contribution in [0.2, 0.25) is 0 Å². The molecule has 0 bridgehead atoms. The molecule has 0 spiro atoms. The van der Waals surface area contributed by atoms with Gasteiger partial charge >= 0.3 is 0 Å². The number of nitrogens with zero attached hydrogens (tertiary/aromatic N) is 1. The Hall–Kier alpha value is -2.20. The average Bonchev–Trinajstić information content (AvgIpc) is 2.56. The maximum absolute atomic E-state index is 13.2. The van der Waals surface area contributed by atoms with Crippen molar-refractivity contribution in [3.8, 4) is 0 Å². The van der Waals surface area contributed by atoms with Gasteiger partial charge in [0.2, 0.25) is 0 Å². The Bertz CT molecular complexity index is 727. The highest BCUT2D eigenvalue weighted by molar-refractivity contribution is 7.99. The van der Waals surface area contributed by atoms with Gasteiger partial charge in [-0.25, -0.2) is 8.78 Å². The zero-order chi connectivity index (χ0) is 15.4. The Morgan fingerprint density at radius 3 is 2.00 bits per heavy atom. The van der Waals surface area contributed by atoms with Gasteiger partial charge in [-0.1, -0.05) is 18.2 Å². The zero-order valence-corrected chi connectivity index (χ0v) is 12.4. The van der Waals surface area contributed by atoms with Gasteiger partial charge in [-0.15, -0.1) is 11.8 Å². The van der Waals surface area contributed by atoms with E-state index < -0.39 is 0 Å². The molecule has 0 aliphatic heterocycles. The minimum absolute atomic E-state index is 0.0280. The summed E-state index contributed by atoms with van der Waals surface area (Å²) in [5.74, 6) is -0.524. The molecule has 3 aromatic rings. The molecule has 0 amide bonds. The highest BCUT2D eigenvalue weighted by Crippen LogP contribution is 2.40. The molecule has 2 aromatic carbocycles. The van der Waals surface area contributed by atoms with Crippen molar-refractivity contribution in [1.29, 1.82) is 0 Å². The van der Waals surface area contributed by atoms with Gasteiger partial charge in [0, 0.05) is 17.3 Å². The van der Waals surface area contributed by atoms with Crippen LogP contribution in [-0.2, 0) is 0 Å². The fourth-order valence-electron chi connectivity index (χ4n) is 2.15. The number of rotatable bonds is 4. The second-order valence-electron chi connectivity index (χ2n) is 4.79. The molecule has 1 atom stereocenters. The molecule has 1 aromatic heterocycles. The molecule has 0 aliphatic rings. The molecule has 0 saturated carbocycles.